The normalized spacial score (nSPS) is 20.8. The average molecular weight is 398 g/mol. The lowest BCUT2D eigenvalue weighted by molar-refractivity contribution is -0.190. The number of aliphatic hydroxyl groups is 8. The van der Waals surface area contributed by atoms with Crippen LogP contribution >= 0.6 is 0 Å². The van der Waals surface area contributed by atoms with Gasteiger partial charge in [0, 0.05) is 12.8 Å². The summed E-state index contributed by atoms with van der Waals surface area (Å²) >= 11 is 0. The van der Waals surface area contributed by atoms with Crippen LogP contribution in [0.15, 0.2) is 0 Å². The number of aliphatic hydroxyl groups excluding tert-OH is 8. The Hall–Kier alpha value is -1.02. The van der Waals surface area contributed by atoms with E-state index < -0.39 is 73.6 Å². The van der Waals surface area contributed by atoms with Gasteiger partial charge in [-0.1, -0.05) is 13.8 Å². The van der Waals surface area contributed by atoms with E-state index in [0.29, 0.717) is 0 Å². The van der Waals surface area contributed by atoms with Gasteiger partial charge in [0.15, 0.2) is 11.6 Å². The minimum absolute atomic E-state index is 0.200. The molecule has 0 fully saturated rings. The summed E-state index contributed by atoms with van der Waals surface area (Å²) in [5, 5.41) is 76.6. The molecule has 0 spiro atoms. The number of ketones is 2. The van der Waals surface area contributed by atoms with Gasteiger partial charge in [0.05, 0.1) is 13.2 Å². The Kier molecular flexibility index (Phi) is 12.0. The smallest absolute Gasteiger partial charge is 0.164 e. The third kappa shape index (κ3) is 7.14. The van der Waals surface area contributed by atoms with Gasteiger partial charge < -0.3 is 45.6 Å². The van der Waals surface area contributed by atoms with Crippen LogP contribution in [0.3, 0.4) is 0 Å². The number of rotatable bonds is 14. The molecule has 8 atom stereocenters. The van der Waals surface area contributed by atoms with Crippen molar-refractivity contribution in [3.05, 3.63) is 0 Å². The first kappa shape index (κ1) is 26.0. The lowest BCUT2D eigenvalue weighted by atomic mass is 9.96. The number of carbonyl (C=O) groups is 2. The van der Waals surface area contributed by atoms with Gasteiger partial charge in [0.1, 0.15) is 48.8 Å². The van der Waals surface area contributed by atoms with Crippen LogP contribution in [0.1, 0.15) is 26.7 Å². The van der Waals surface area contributed by atoms with Crippen LogP contribution in [0.25, 0.3) is 0 Å². The van der Waals surface area contributed by atoms with Crippen molar-refractivity contribution in [1.82, 2.24) is 0 Å². The summed E-state index contributed by atoms with van der Waals surface area (Å²) < 4.78 is 5.21. The average Bonchev–Trinajstić information content (AvgIpc) is 2.69. The third-order valence-electron chi connectivity index (χ3n) is 4.11. The monoisotopic (exact) mass is 398 g/mol. The number of hydrogen-bond donors (Lipinski definition) is 8. The summed E-state index contributed by atoms with van der Waals surface area (Å²) in [7, 11) is 0. The van der Waals surface area contributed by atoms with Gasteiger partial charge >= 0.3 is 0 Å². The first-order chi connectivity index (χ1) is 12.6. The van der Waals surface area contributed by atoms with Gasteiger partial charge in [0.25, 0.3) is 0 Å². The van der Waals surface area contributed by atoms with E-state index in [0.717, 1.165) is 0 Å². The first-order valence-electron chi connectivity index (χ1n) is 8.58. The molecule has 11 nitrogen and oxygen atoms in total. The molecule has 160 valence electrons. The molecule has 0 unspecified atom stereocenters. The summed E-state index contributed by atoms with van der Waals surface area (Å²) in [4.78, 5) is 24.2. The molecule has 0 aliphatic carbocycles. The number of ether oxygens (including phenoxy) is 1. The SMILES string of the molecule is CCC(=O)[C@H](O[C@@H](C(=O)CC)[C@@H](O)[C@H](O)[C@H](O)CO)[C@@H](O)[C@H](O)[C@H](O)CO. The van der Waals surface area contributed by atoms with E-state index >= 15 is 0 Å². The highest BCUT2D eigenvalue weighted by Gasteiger charge is 2.42. The Morgan fingerprint density at radius 1 is 0.667 bits per heavy atom. The zero-order valence-electron chi connectivity index (χ0n) is 15.2. The molecule has 0 aliphatic heterocycles. The number of hydrogen-bond acceptors (Lipinski definition) is 11. The maximum Gasteiger partial charge on any atom is 0.164 e. The van der Waals surface area contributed by atoms with Gasteiger partial charge in [-0.15, -0.1) is 0 Å². The topological polar surface area (TPSA) is 205 Å². The molecule has 0 amide bonds. The van der Waals surface area contributed by atoms with Crippen molar-refractivity contribution in [2.24, 2.45) is 0 Å². The highest BCUT2D eigenvalue weighted by Crippen LogP contribution is 2.18. The fourth-order valence-electron chi connectivity index (χ4n) is 2.28. The first-order valence-corrected chi connectivity index (χ1v) is 8.58. The molecule has 8 N–H and O–H groups in total. The number of Topliss-reactive ketones (excluding diaryl/α,β-unsaturated/α-hetero) is 2. The Morgan fingerprint density at radius 3 is 1.19 bits per heavy atom. The Labute approximate surface area is 156 Å². The second-order valence-electron chi connectivity index (χ2n) is 6.08. The van der Waals surface area contributed by atoms with E-state index in [1.807, 2.05) is 0 Å². The minimum atomic E-state index is -2.06. The van der Waals surface area contributed by atoms with Gasteiger partial charge in [-0.2, -0.15) is 0 Å². The van der Waals surface area contributed by atoms with Crippen LogP contribution in [0.5, 0.6) is 0 Å². The largest absolute Gasteiger partial charge is 0.394 e. The summed E-state index contributed by atoms with van der Waals surface area (Å²) in [5.74, 6) is -1.57. The van der Waals surface area contributed by atoms with E-state index in [1.54, 1.807) is 0 Å². The highest BCUT2D eigenvalue weighted by molar-refractivity contribution is 5.86. The van der Waals surface area contributed by atoms with Gasteiger partial charge in [-0.05, 0) is 0 Å². The molecular formula is C16H30O11. The molecule has 0 saturated heterocycles. The Bertz CT molecular complexity index is 418. The van der Waals surface area contributed by atoms with E-state index in [2.05, 4.69) is 0 Å². The molecule has 0 aliphatic rings. The minimum Gasteiger partial charge on any atom is -0.394 e. The van der Waals surface area contributed by atoms with Crippen LogP contribution in [-0.4, -0.2) is 114 Å². The second kappa shape index (κ2) is 12.4. The molecule has 0 heterocycles. The molecule has 0 saturated carbocycles. The summed E-state index contributed by atoms with van der Waals surface area (Å²) in [5.41, 5.74) is 0. The maximum absolute atomic E-state index is 12.1. The molecule has 0 aromatic rings. The van der Waals surface area contributed by atoms with Crippen LogP contribution in [0.2, 0.25) is 0 Å². The van der Waals surface area contributed by atoms with Gasteiger partial charge in [0.2, 0.25) is 0 Å². The van der Waals surface area contributed by atoms with Crippen molar-refractivity contribution < 1.29 is 55.2 Å². The maximum atomic E-state index is 12.1. The van der Waals surface area contributed by atoms with E-state index in [1.165, 1.54) is 13.8 Å². The summed E-state index contributed by atoms with van der Waals surface area (Å²) in [6.45, 7) is 0.953. The molecule has 0 aromatic carbocycles. The van der Waals surface area contributed by atoms with Gasteiger partial charge in [-0.25, -0.2) is 0 Å². The standard InChI is InChI=1S/C16H30O11/c1-3-7(19)15(13(25)11(23)9(21)5-17)27-16(8(20)4-2)14(26)12(24)10(22)6-18/h9-18,21-26H,3-6H2,1-2H3/t9-,10-,11-,12-,13+,14+,15+,16+/m1/s1. The predicted octanol–water partition coefficient (Wildman–Crippen LogP) is -4.15. The quantitative estimate of drug-likeness (QED) is 0.141. The summed E-state index contributed by atoms with van der Waals surface area (Å²) in [6.07, 6.45) is -15.9. The van der Waals surface area contributed by atoms with Gasteiger partial charge in [-0.3, -0.25) is 9.59 Å². The zero-order chi connectivity index (χ0) is 21.3. The Balaban J connectivity index is 5.68. The van der Waals surface area contributed by atoms with Crippen molar-refractivity contribution >= 4 is 11.6 Å². The Morgan fingerprint density at radius 2 is 0.963 bits per heavy atom. The van der Waals surface area contributed by atoms with Crippen molar-refractivity contribution in [3.63, 3.8) is 0 Å². The lowest BCUT2D eigenvalue weighted by Crippen LogP contribution is -2.55. The fourth-order valence-corrected chi connectivity index (χ4v) is 2.28. The van der Waals surface area contributed by atoms with Crippen molar-refractivity contribution in [2.75, 3.05) is 13.2 Å². The summed E-state index contributed by atoms with van der Waals surface area (Å²) in [6, 6.07) is 0. The second-order valence-corrected chi connectivity index (χ2v) is 6.08. The van der Waals surface area contributed by atoms with Crippen LogP contribution < -0.4 is 0 Å². The predicted molar refractivity (Wildman–Crippen MR) is 89.5 cm³/mol. The fraction of sp³-hybridized carbons (Fsp3) is 0.875. The molecule has 0 bridgehead atoms. The number of carbonyl (C=O) groups excluding carboxylic acids is 2. The van der Waals surface area contributed by atoms with Crippen molar-refractivity contribution in [1.29, 1.82) is 0 Å². The van der Waals surface area contributed by atoms with Crippen molar-refractivity contribution in [3.8, 4) is 0 Å². The molecule has 0 aromatic heterocycles. The molecular weight excluding hydrogens is 368 g/mol. The molecule has 27 heavy (non-hydrogen) atoms. The molecule has 0 radical (unpaired) electrons. The van der Waals surface area contributed by atoms with Crippen molar-refractivity contribution in [2.45, 2.75) is 75.5 Å². The lowest BCUT2D eigenvalue weighted by Gasteiger charge is -2.33. The van der Waals surface area contributed by atoms with Crippen LogP contribution in [0.4, 0.5) is 0 Å². The van der Waals surface area contributed by atoms with E-state index in [9.17, 15) is 40.2 Å². The highest BCUT2D eigenvalue weighted by atomic mass is 16.5. The van der Waals surface area contributed by atoms with E-state index in [-0.39, 0.29) is 12.8 Å². The van der Waals surface area contributed by atoms with Crippen LogP contribution in [0, 0.1) is 0 Å². The third-order valence-corrected chi connectivity index (χ3v) is 4.11. The zero-order valence-corrected chi connectivity index (χ0v) is 15.2. The van der Waals surface area contributed by atoms with Crippen LogP contribution in [-0.2, 0) is 14.3 Å². The van der Waals surface area contributed by atoms with E-state index in [4.69, 9.17) is 14.9 Å². The molecule has 11 heteroatoms. The molecule has 0 rings (SSSR count).